The van der Waals surface area contributed by atoms with Gasteiger partial charge in [0.25, 0.3) is 0 Å². The molecule has 1 heterocycles. The van der Waals surface area contributed by atoms with Crippen LogP contribution in [-0.4, -0.2) is 35.6 Å². The molecule has 0 amide bonds. The molecule has 2 rings (SSSR count). The highest BCUT2D eigenvalue weighted by Gasteiger charge is 2.32. The van der Waals surface area contributed by atoms with Crippen molar-refractivity contribution >= 4 is 11.6 Å². The predicted octanol–water partition coefficient (Wildman–Crippen LogP) is 1.02. The Morgan fingerprint density at radius 1 is 1.29 bits per heavy atom. The number of Topliss-reactive ketones (excluding diaryl/α,β-unsaturated/α-hetero) is 2. The highest BCUT2D eigenvalue weighted by Crippen LogP contribution is 2.24. The summed E-state index contributed by atoms with van der Waals surface area (Å²) in [5, 5.41) is 0. The second kappa shape index (κ2) is 3.81. The van der Waals surface area contributed by atoms with E-state index in [0.29, 0.717) is 30.4 Å². The Bertz CT molecular complexity index is 262. The van der Waals surface area contributed by atoms with Crippen LogP contribution in [0, 0.1) is 5.92 Å². The van der Waals surface area contributed by atoms with Gasteiger partial charge in [0.1, 0.15) is 11.6 Å². The molecule has 0 aromatic rings. The van der Waals surface area contributed by atoms with Crippen LogP contribution in [0.25, 0.3) is 0 Å². The van der Waals surface area contributed by atoms with Gasteiger partial charge in [0.05, 0.1) is 0 Å². The Balaban J connectivity index is 1.93. The fourth-order valence-corrected chi connectivity index (χ4v) is 2.48. The number of ketones is 2. The lowest BCUT2D eigenvalue weighted by Gasteiger charge is -2.34. The highest BCUT2D eigenvalue weighted by molar-refractivity contribution is 5.82. The van der Waals surface area contributed by atoms with Gasteiger partial charge < -0.3 is 0 Å². The predicted molar refractivity (Wildman–Crippen MR) is 53.0 cm³/mol. The molecule has 1 saturated heterocycles. The van der Waals surface area contributed by atoms with Crippen LogP contribution in [0.1, 0.15) is 32.6 Å². The lowest BCUT2D eigenvalue weighted by molar-refractivity contribution is -0.126. The van der Waals surface area contributed by atoms with Crippen molar-refractivity contribution in [1.29, 1.82) is 0 Å². The number of carbonyl (C=O) groups excluding carboxylic acids is 2. The van der Waals surface area contributed by atoms with Crippen LogP contribution < -0.4 is 0 Å². The summed E-state index contributed by atoms with van der Waals surface area (Å²) in [6.45, 7) is 3.71. The van der Waals surface area contributed by atoms with Crippen LogP contribution in [-0.2, 0) is 9.59 Å². The van der Waals surface area contributed by atoms with Gasteiger partial charge in [-0.25, -0.2) is 0 Å². The Kier molecular flexibility index (Phi) is 2.68. The Hall–Kier alpha value is -0.700. The Morgan fingerprint density at radius 2 is 2.07 bits per heavy atom. The third-order valence-electron chi connectivity index (χ3n) is 3.44. The zero-order chi connectivity index (χ0) is 10.1. The van der Waals surface area contributed by atoms with Crippen molar-refractivity contribution in [3.05, 3.63) is 0 Å². The van der Waals surface area contributed by atoms with Gasteiger partial charge in [0.2, 0.25) is 0 Å². The molecule has 1 aliphatic carbocycles. The molecule has 2 fully saturated rings. The molecule has 0 aromatic carbocycles. The van der Waals surface area contributed by atoms with E-state index in [4.69, 9.17) is 0 Å². The van der Waals surface area contributed by atoms with Gasteiger partial charge in [0.15, 0.2) is 0 Å². The van der Waals surface area contributed by atoms with E-state index in [9.17, 15) is 9.59 Å². The largest absolute Gasteiger partial charge is 0.300 e. The van der Waals surface area contributed by atoms with E-state index in [1.165, 1.54) is 0 Å². The summed E-state index contributed by atoms with van der Waals surface area (Å²) in [6.07, 6.45) is 3.12. The minimum Gasteiger partial charge on any atom is -0.300 e. The smallest absolute Gasteiger partial charge is 0.138 e. The first-order valence-corrected chi connectivity index (χ1v) is 5.45. The zero-order valence-corrected chi connectivity index (χ0v) is 8.66. The maximum absolute atomic E-state index is 11.3. The summed E-state index contributed by atoms with van der Waals surface area (Å²) in [5.41, 5.74) is 0. The van der Waals surface area contributed by atoms with Gasteiger partial charge in [-0.15, -0.1) is 0 Å². The molecular weight excluding hydrogens is 178 g/mol. The molecule has 0 N–H and O–H groups in total. The molecular formula is C11H17NO2. The number of nitrogens with zero attached hydrogens (tertiary/aromatic N) is 1. The van der Waals surface area contributed by atoms with Crippen molar-refractivity contribution in [3.63, 3.8) is 0 Å². The van der Waals surface area contributed by atoms with Crippen LogP contribution in [0.5, 0.6) is 0 Å². The fourth-order valence-electron chi connectivity index (χ4n) is 2.48. The summed E-state index contributed by atoms with van der Waals surface area (Å²) < 4.78 is 0. The van der Waals surface area contributed by atoms with Crippen molar-refractivity contribution in [1.82, 2.24) is 4.90 Å². The fraction of sp³-hybridized carbons (Fsp3) is 0.818. The van der Waals surface area contributed by atoms with Gasteiger partial charge in [-0.05, 0) is 6.42 Å². The first-order chi connectivity index (χ1) is 6.66. The quantitative estimate of drug-likeness (QED) is 0.627. The summed E-state index contributed by atoms with van der Waals surface area (Å²) in [4.78, 5) is 24.8. The van der Waals surface area contributed by atoms with Crippen LogP contribution in [0.15, 0.2) is 0 Å². The Morgan fingerprint density at radius 3 is 2.64 bits per heavy atom. The van der Waals surface area contributed by atoms with E-state index in [2.05, 4.69) is 4.90 Å². The van der Waals surface area contributed by atoms with Crippen molar-refractivity contribution in [2.45, 2.75) is 38.6 Å². The number of carbonyl (C=O) groups is 2. The maximum atomic E-state index is 11.3. The summed E-state index contributed by atoms with van der Waals surface area (Å²) >= 11 is 0. The number of piperidine rings is 1. The molecule has 14 heavy (non-hydrogen) atoms. The lowest BCUT2D eigenvalue weighted by Crippen LogP contribution is -2.44. The Labute approximate surface area is 84.5 Å². The van der Waals surface area contributed by atoms with E-state index >= 15 is 0 Å². The number of hydrogen-bond donors (Lipinski definition) is 0. The SMILES string of the molecule is CC1CN(C2CCC(=O)C2)CCC1=O. The molecule has 1 saturated carbocycles. The molecule has 0 radical (unpaired) electrons. The molecule has 0 spiro atoms. The van der Waals surface area contributed by atoms with E-state index in [-0.39, 0.29) is 5.92 Å². The first-order valence-electron chi connectivity index (χ1n) is 5.45. The molecule has 0 aromatic heterocycles. The molecule has 3 nitrogen and oxygen atoms in total. The summed E-state index contributed by atoms with van der Waals surface area (Å²) in [5.74, 6) is 0.935. The van der Waals surface area contributed by atoms with Crippen molar-refractivity contribution in [3.8, 4) is 0 Å². The van der Waals surface area contributed by atoms with E-state index in [1.807, 2.05) is 6.92 Å². The average molecular weight is 195 g/mol. The molecule has 1 aliphatic heterocycles. The number of hydrogen-bond acceptors (Lipinski definition) is 3. The molecule has 2 unspecified atom stereocenters. The van der Waals surface area contributed by atoms with Crippen LogP contribution in [0.2, 0.25) is 0 Å². The minimum absolute atomic E-state index is 0.166. The summed E-state index contributed by atoms with van der Waals surface area (Å²) in [7, 11) is 0. The monoisotopic (exact) mass is 195 g/mol. The second-order valence-electron chi connectivity index (χ2n) is 4.55. The van der Waals surface area contributed by atoms with E-state index in [0.717, 1.165) is 25.9 Å². The number of likely N-dealkylation sites (tertiary alicyclic amines) is 1. The number of rotatable bonds is 1. The van der Waals surface area contributed by atoms with Crippen LogP contribution >= 0.6 is 0 Å². The van der Waals surface area contributed by atoms with E-state index < -0.39 is 0 Å². The second-order valence-corrected chi connectivity index (χ2v) is 4.55. The average Bonchev–Trinajstić information content (AvgIpc) is 2.57. The molecule has 78 valence electrons. The minimum atomic E-state index is 0.166. The van der Waals surface area contributed by atoms with Crippen molar-refractivity contribution < 1.29 is 9.59 Å². The van der Waals surface area contributed by atoms with Gasteiger partial charge in [-0.2, -0.15) is 0 Å². The van der Waals surface area contributed by atoms with Gasteiger partial charge >= 0.3 is 0 Å². The zero-order valence-electron chi connectivity index (χ0n) is 8.66. The lowest BCUT2D eigenvalue weighted by atomic mass is 9.97. The van der Waals surface area contributed by atoms with E-state index in [1.54, 1.807) is 0 Å². The topological polar surface area (TPSA) is 37.4 Å². The van der Waals surface area contributed by atoms with Crippen LogP contribution in [0.3, 0.4) is 0 Å². The van der Waals surface area contributed by atoms with Gasteiger partial charge in [0, 0.05) is 44.3 Å². The normalized spacial score (nSPS) is 35.2. The third-order valence-corrected chi connectivity index (χ3v) is 3.44. The van der Waals surface area contributed by atoms with Gasteiger partial charge in [-0.1, -0.05) is 6.92 Å². The van der Waals surface area contributed by atoms with Crippen molar-refractivity contribution in [2.24, 2.45) is 5.92 Å². The van der Waals surface area contributed by atoms with Crippen molar-refractivity contribution in [2.75, 3.05) is 13.1 Å². The molecule has 2 atom stereocenters. The standard InChI is InChI=1S/C11H17NO2/c1-8-7-12(5-4-11(8)14)9-2-3-10(13)6-9/h8-9H,2-7H2,1H3. The molecule has 2 aliphatic rings. The molecule has 3 heteroatoms. The van der Waals surface area contributed by atoms with Gasteiger partial charge in [-0.3, -0.25) is 14.5 Å². The first kappa shape index (κ1) is 9.84. The summed E-state index contributed by atoms with van der Waals surface area (Å²) in [6, 6.07) is 0.429. The highest BCUT2D eigenvalue weighted by atomic mass is 16.1. The third kappa shape index (κ3) is 1.87. The molecule has 0 bridgehead atoms. The maximum Gasteiger partial charge on any atom is 0.138 e. The van der Waals surface area contributed by atoms with Crippen LogP contribution in [0.4, 0.5) is 0 Å².